The molecular weight excluding hydrogens is 310 g/mol. The van der Waals surface area contributed by atoms with E-state index in [1.807, 2.05) is 29.6 Å². The Morgan fingerprint density at radius 1 is 1.33 bits per heavy atom. The lowest BCUT2D eigenvalue weighted by Crippen LogP contribution is -2.35. The van der Waals surface area contributed by atoms with Crippen LogP contribution >= 0.6 is 23.4 Å². The van der Waals surface area contributed by atoms with Gasteiger partial charge in [0.25, 0.3) is 0 Å². The second kappa shape index (κ2) is 7.28. The Labute approximate surface area is 131 Å². The highest BCUT2D eigenvalue weighted by Gasteiger charge is 2.08. The van der Waals surface area contributed by atoms with Crippen LogP contribution in [-0.2, 0) is 10.5 Å². The summed E-state index contributed by atoms with van der Waals surface area (Å²) in [6, 6.07) is 6.81. The number of aromatic nitrogens is 1. The third-order valence-electron chi connectivity index (χ3n) is 2.80. The predicted octanol–water partition coefficient (Wildman–Crippen LogP) is 2.71. The number of nitrogens with two attached hydrogens (primary N) is 1. The van der Waals surface area contributed by atoms with Gasteiger partial charge < -0.3 is 5.73 Å². The summed E-state index contributed by atoms with van der Waals surface area (Å²) < 4.78 is 0. The van der Waals surface area contributed by atoms with Crippen LogP contribution in [-0.4, -0.2) is 22.7 Å². The second-order valence-electron chi connectivity index (χ2n) is 4.32. The van der Waals surface area contributed by atoms with Crippen LogP contribution in [0.4, 0.5) is 4.79 Å². The van der Waals surface area contributed by atoms with Crippen molar-refractivity contribution in [3.63, 3.8) is 0 Å². The minimum Gasteiger partial charge on any atom is -0.351 e. The molecule has 2 aromatic rings. The summed E-state index contributed by atoms with van der Waals surface area (Å²) in [5, 5.41) is 3.72. The Morgan fingerprint density at radius 2 is 2.14 bits per heavy atom. The van der Waals surface area contributed by atoms with Gasteiger partial charge in [-0.15, -0.1) is 0 Å². The first-order valence-corrected chi connectivity index (χ1v) is 7.80. The number of benzene rings is 1. The molecule has 5 nitrogen and oxygen atoms in total. The Balaban J connectivity index is 1.96. The fourth-order valence-electron chi connectivity index (χ4n) is 1.86. The number of nitrogens with zero attached hydrogens (tertiary/aromatic N) is 1. The van der Waals surface area contributed by atoms with Crippen LogP contribution in [0.1, 0.15) is 12.0 Å². The third-order valence-corrected chi connectivity index (χ3v) is 4.14. The van der Waals surface area contributed by atoms with Gasteiger partial charge in [-0.25, -0.2) is 4.79 Å². The van der Waals surface area contributed by atoms with E-state index in [0.29, 0.717) is 16.5 Å². The van der Waals surface area contributed by atoms with E-state index in [2.05, 4.69) is 4.98 Å². The van der Waals surface area contributed by atoms with Gasteiger partial charge in [-0.1, -0.05) is 23.7 Å². The molecule has 0 spiro atoms. The summed E-state index contributed by atoms with van der Waals surface area (Å²) in [6.07, 6.45) is 1.95. The molecule has 3 amide bonds. The lowest BCUT2D eigenvalue weighted by Gasteiger charge is -2.08. The summed E-state index contributed by atoms with van der Waals surface area (Å²) in [6.45, 7) is 0. The Hall–Kier alpha value is -1.79. The zero-order chi connectivity index (χ0) is 15.2. The number of thioether (sulfide) groups is 1. The minimum absolute atomic E-state index is 0.226. The number of carbonyl (C=O) groups is 2. The Morgan fingerprint density at radius 3 is 2.90 bits per heavy atom. The molecule has 1 heterocycles. The fourth-order valence-corrected chi connectivity index (χ4v) is 3.13. The van der Waals surface area contributed by atoms with Crippen molar-refractivity contribution in [2.24, 2.45) is 5.73 Å². The highest BCUT2D eigenvalue weighted by atomic mass is 35.5. The molecule has 0 atom stereocenters. The standard InChI is InChI=1S/C14H14ClN3O2S/c15-11-4-3-9-2-1-6-17-13(9)10(11)8-21-7-5-12(19)18-14(16)20/h1-4,6H,5,7-8H2,(H3,16,18,19,20). The first-order valence-electron chi connectivity index (χ1n) is 6.27. The summed E-state index contributed by atoms with van der Waals surface area (Å²) in [7, 11) is 0. The van der Waals surface area contributed by atoms with E-state index in [1.165, 1.54) is 0 Å². The number of imide groups is 1. The number of hydrogen-bond donors (Lipinski definition) is 2. The molecule has 7 heteroatoms. The number of pyridine rings is 1. The molecule has 0 radical (unpaired) electrons. The topological polar surface area (TPSA) is 85.1 Å². The van der Waals surface area contributed by atoms with Crippen LogP contribution in [0.2, 0.25) is 5.02 Å². The van der Waals surface area contributed by atoms with E-state index in [4.69, 9.17) is 17.3 Å². The molecule has 0 saturated heterocycles. The number of amides is 3. The van der Waals surface area contributed by atoms with Crippen molar-refractivity contribution >= 4 is 46.2 Å². The summed E-state index contributed by atoms with van der Waals surface area (Å²) >= 11 is 7.77. The van der Waals surface area contributed by atoms with E-state index in [1.54, 1.807) is 18.0 Å². The van der Waals surface area contributed by atoms with Crippen LogP contribution < -0.4 is 11.1 Å². The van der Waals surface area contributed by atoms with Crippen molar-refractivity contribution in [2.45, 2.75) is 12.2 Å². The number of halogens is 1. The summed E-state index contributed by atoms with van der Waals surface area (Å²) in [5.41, 5.74) is 6.70. The highest BCUT2D eigenvalue weighted by molar-refractivity contribution is 7.98. The normalized spacial score (nSPS) is 10.5. The Bertz CT molecular complexity index is 678. The van der Waals surface area contributed by atoms with Crippen molar-refractivity contribution in [2.75, 3.05) is 5.75 Å². The first-order chi connectivity index (χ1) is 10.1. The maximum Gasteiger partial charge on any atom is 0.318 e. The number of rotatable bonds is 5. The average molecular weight is 324 g/mol. The van der Waals surface area contributed by atoms with Crippen LogP contribution in [0.5, 0.6) is 0 Å². The molecule has 0 aliphatic heterocycles. The molecule has 0 fully saturated rings. The zero-order valence-electron chi connectivity index (χ0n) is 11.1. The van der Waals surface area contributed by atoms with Crippen LogP contribution in [0, 0.1) is 0 Å². The van der Waals surface area contributed by atoms with Gasteiger partial charge in [-0.2, -0.15) is 11.8 Å². The third kappa shape index (κ3) is 4.34. The summed E-state index contributed by atoms with van der Waals surface area (Å²) in [5.74, 6) is 0.840. The van der Waals surface area contributed by atoms with Crippen molar-refractivity contribution in [1.82, 2.24) is 10.3 Å². The predicted molar refractivity (Wildman–Crippen MR) is 85.3 cm³/mol. The number of fused-ring (bicyclic) bond motifs is 1. The summed E-state index contributed by atoms with van der Waals surface area (Å²) in [4.78, 5) is 26.2. The molecule has 110 valence electrons. The number of primary amides is 1. The molecule has 0 unspecified atom stereocenters. The quantitative estimate of drug-likeness (QED) is 0.828. The van der Waals surface area contributed by atoms with E-state index in [9.17, 15) is 9.59 Å². The number of carbonyl (C=O) groups excluding carboxylic acids is 2. The molecule has 0 aliphatic rings. The van der Waals surface area contributed by atoms with Gasteiger partial charge in [-0.3, -0.25) is 15.1 Å². The molecule has 0 bridgehead atoms. The van der Waals surface area contributed by atoms with Crippen molar-refractivity contribution in [3.8, 4) is 0 Å². The Kier molecular flexibility index (Phi) is 5.41. The van der Waals surface area contributed by atoms with Crippen LogP contribution in [0.3, 0.4) is 0 Å². The fraction of sp³-hybridized carbons (Fsp3) is 0.214. The van der Waals surface area contributed by atoms with E-state index >= 15 is 0 Å². The number of urea groups is 1. The lowest BCUT2D eigenvalue weighted by molar-refractivity contribution is -0.119. The smallest absolute Gasteiger partial charge is 0.318 e. The van der Waals surface area contributed by atoms with E-state index < -0.39 is 6.03 Å². The molecular formula is C14H14ClN3O2S. The van der Waals surface area contributed by atoms with Gasteiger partial charge in [0.15, 0.2) is 0 Å². The second-order valence-corrected chi connectivity index (χ2v) is 5.83. The zero-order valence-corrected chi connectivity index (χ0v) is 12.7. The molecule has 1 aromatic heterocycles. The maximum absolute atomic E-state index is 11.3. The SMILES string of the molecule is NC(=O)NC(=O)CCSCc1c(Cl)ccc2cccnc12. The molecule has 0 aliphatic carbocycles. The van der Waals surface area contributed by atoms with Gasteiger partial charge in [0, 0.05) is 40.1 Å². The van der Waals surface area contributed by atoms with Crippen molar-refractivity contribution in [1.29, 1.82) is 0 Å². The first kappa shape index (κ1) is 15.6. The van der Waals surface area contributed by atoms with Gasteiger partial charge in [0.1, 0.15) is 0 Å². The largest absolute Gasteiger partial charge is 0.351 e. The number of nitrogens with one attached hydrogen (secondary N) is 1. The van der Waals surface area contributed by atoms with Gasteiger partial charge in [0.2, 0.25) is 5.91 Å². The van der Waals surface area contributed by atoms with Gasteiger partial charge >= 0.3 is 6.03 Å². The van der Waals surface area contributed by atoms with Gasteiger partial charge in [0.05, 0.1) is 5.52 Å². The molecule has 3 N–H and O–H groups in total. The monoisotopic (exact) mass is 323 g/mol. The highest BCUT2D eigenvalue weighted by Crippen LogP contribution is 2.28. The van der Waals surface area contributed by atoms with E-state index in [0.717, 1.165) is 16.5 Å². The van der Waals surface area contributed by atoms with Crippen LogP contribution in [0.15, 0.2) is 30.5 Å². The molecule has 2 rings (SSSR count). The van der Waals surface area contributed by atoms with E-state index in [-0.39, 0.29) is 12.3 Å². The maximum atomic E-state index is 11.3. The molecule has 21 heavy (non-hydrogen) atoms. The molecule has 0 saturated carbocycles. The molecule has 1 aromatic carbocycles. The average Bonchev–Trinajstić information content (AvgIpc) is 2.44. The lowest BCUT2D eigenvalue weighted by atomic mass is 10.1. The minimum atomic E-state index is -0.828. The van der Waals surface area contributed by atoms with Gasteiger partial charge in [-0.05, 0) is 12.1 Å². The van der Waals surface area contributed by atoms with Crippen molar-refractivity contribution in [3.05, 3.63) is 41.0 Å². The number of hydrogen-bond acceptors (Lipinski definition) is 4. The van der Waals surface area contributed by atoms with Crippen molar-refractivity contribution < 1.29 is 9.59 Å². The van der Waals surface area contributed by atoms with Crippen LogP contribution in [0.25, 0.3) is 10.9 Å².